The van der Waals surface area contributed by atoms with Crippen molar-refractivity contribution in [3.63, 3.8) is 0 Å². The summed E-state index contributed by atoms with van der Waals surface area (Å²) >= 11 is 0. The van der Waals surface area contributed by atoms with Crippen molar-refractivity contribution in [2.24, 2.45) is 0 Å². The first-order valence-electron chi connectivity index (χ1n) is 3.97. The number of aromatic nitrogens is 4. The highest BCUT2D eigenvalue weighted by Crippen LogP contribution is 1.93. The summed E-state index contributed by atoms with van der Waals surface area (Å²) < 4.78 is 0. The molecular weight excluding hydrogens is 220 g/mol. The Balaban J connectivity index is 3.02. The van der Waals surface area contributed by atoms with Crippen LogP contribution in [0.25, 0.3) is 11.2 Å². The number of nitrogens with one attached hydrogen (secondary N) is 3. The molecule has 9 heteroatoms. The molecule has 0 fully saturated rings. The summed E-state index contributed by atoms with van der Waals surface area (Å²) in [6, 6.07) is 0. The number of carbonyl (C=O) groups excluding carboxylic acids is 1. The zero-order chi connectivity index (χ0) is 11.9. The van der Waals surface area contributed by atoms with Gasteiger partial charge in [0.15, 0.2) is 11.2 Å². The van der Waals surface area contributed by atoms with Crippen LogP contribution < -0.4 is 21.9 Å². The Labute approximate surface area is 84.8 Å². The maximum absolute atomic E-state index is 11.2. The van der Waals surface area contributed by atoms with Crippen molar-refractivity contribution in [3.05, 3.63) is 36.9 Å². The van der Waals surface area contributed by atoms with Gasteiger partial charge in [0.1, 0.15) is 5.65 Å². The molecule has 0 amide bonds. The lowest BCUT2D eigenvalue weighted by atomic mass is 10.4. The van der Waals surface area contributed by atoms with E-state index in [4.69, 9.17) is 0 Å². The van der Waals surface area contributed by atoms with Crippen LogP contribution in [-0.2, 0) is 0 Å². The van der Waals surface area contributed by atoms with Crippen LogP contribution in [0.2, 0.25) is 0 Å². The lowest BCUT2D eigenvalue weighted by Gasteiger charge is -2.01. The molecule has 2 aromatic heterocycles. The number of rotatable bonds is 1. The summed E-state index contributed by atoms with van der Waals surface area (Å²) in [4.78, 5) is 52.9. The van der Waals surface area contributed by atoms with E-state index in [1.165, 1.54) is 0 Å². The third-order valence-corrected chi connectivity index (χ3v) is 1.79. The number of carboxylic acids is 1. The van der Waals surface area contributed by atoms with E-state index in [9.17, 15) is 24.3 Å². The number of fused-ring (bicyclic) bond motifs is 1. The fourth-order valence-corrected chi connectivity index (χ4v) is 1.15. The van der Waals surface area contributed by atoms with Gasteiger partial charge in [-0.05, 0) is 0 Å². The van der Waals surface area contributed by atoms with Crippen LogP contribution in [0.1, 0.15) is 10.5 Å². The zero-order valence-electron chi connectivity index (χ0n) is 7.49. The van der Waals surface area contributed by atoms with Gasteiger partial charge in [-0.25, -0.2) is 9.78 Å². The minimum absolute atomic E-state index is 0.247. The summed E-state index contributed by atoms with van der Waals surface area (Å²) in [5, 5.41) is 10.5. The fourth-order valence-electron chi connectivity index (χ4n) is 1.15. The highest BCUT2D eigenvalue weighted by Gasteiger charge is 2.08. The molecule has 9 nitrogen and oxygen atoms in total. The van der Waals surface area contributed by atoms with E-state index in [2.05, 4.69) is 9.97 Å². The molecule has 2 aromatic rings. The third-order valence-electron chi connectivity index (χ3n) is 1.79. The van der Waals surface area contributed by atoms with Crippen LogP contribution in [0.4, 0.5) is 0 Å². The highest BCUT2D eigenvalue weighted by molar-refractivity contribution is 5.85. The number of aromatic amines is 3. The summed E-state index contributed by atoms with van der Waals surface area (Å²) in [7, 11) is 0. The molecule has 0 aliphatic heterocycles. The SMILES string of the molecule is O=C([O-])c1nc2c(=O)[nH]c(=O)[nH]c2[nH]c1=O. The van der Waals surface area contributed by atoms with Crippen molar-refractivity contribution in [2.45, 2.75) is 0 Å². The van der Waals surface area contributed by atoms with Gasteiger partial charge in [0, 0.05) is 0 Å². The van der Waals surface area contributed by atoms with Gasteiger partial charge in [-0.2, -0.15) is 0 Å². The van der Waals surface area contributed by atoms with Gasteiger partial charge in [0.05, 0.1) is 5.97 Å². The van der Waals surface area contributed by atoms with E-state index in [-0.39, 0.29) is 5.65 Å². The Morgan fingerprint density at radius 2 is 1.75 bits per heavy atom. The maximum atomic E-state index is 11.2. The van der Waals surface area contributed by atoms with Crippen molar-refractivity contribution in [1.29, 1.82) is 0 Å². The topological polar surface area (TPSA) is 152 Å². The smallest absolute Gasteiger partial charge is 0.327 e. The molecule has 2 heterocycles. The standard InChI is InChI=1S/C7H4N4O5/c12-4-1-3(10-7(16)11-4)9-5(13)2(8-1)6(14)15/h(H,14,15)(H3,9,10,11,12,13,16)/p-1. The van der Waals surface area contributed by atoms with Crippen molar-refractivity contribution in [3.8, 4) is 0 Å². The van der Waals surface area contributed by atoms with E-state index in [1.807, 2.05) is 9.97 Å². The Hall–Kier alpha value is -2.71. The van der Waals surface area contributed by atoms with Gasteiger partial charge in [-0.15, -0.1) is 0 Å². The number of hydrogen-bond donors (Lipinski definition) is 3. The summed E-state index contributed by atoms with van der Waals surface area (Å²) in [6.07, 6.45) is 0. The van der Waals surface area contributed by atoms with Crippen molar-refractivity contribution >= 4 is 17.1 Å². The van der Waals surface area contributed by atoms with E-state index in [0.717, 1.165) is 0 Å². The number of carbonyl (C=O) groups is 1. The molecule has 0 saturated carbocycles. The second kappa shape index (κ2) is 3.15. The van der Waals surface area contributed by atoms with Crippen molar-refractivity contribution in [1.82, 2.24) is 19.9 Å². The monoisotopic (exact) mass is 223 g/mol. The van der Waals surface area contributed by atoms with Gasteiger partial charge in [-0.1, -0.05) is 0 Å². The van der Waals surface area contributed by atoms with E-state index >= 15 is 0 Å². The second-order valence-electron chi connectivity index (χ2n) is 2.83. The normalized spacial score (nSPS) is 10.5. The van der Waals surface area contributed by atoms with E-state index in [1.54, 1.807) is 0 Å². The largest absolute Gasteiger partial charge is 0.543 e. The van der Waals surface area contributed by atoms with Crippen molar-refractivity contribution < 1.29 is 9.90 Å². The number of aromatic carboxylic acids is 1. The predicted octanol–water partition coefficient (Wildman–Crippen LogP) is -3.34. The van der Waals surface area contributed by atoms with Crippen LogP contribution in [0.3, 0.4) is 0 Å². The maximum Gasteiger partial charge on any atom is 0.327 e. The van der Waals surface area contributed by atoms with Crippen molar-refractivity contribution in [2.75, 3.05) is 0 Å². The Morgan fingerprint density at radius 3 is 2.38 bits per heavy atom. The quantitative estimate of drug-likeness (QED) is 0.459. The number of carboxylic acid groups (broad SMARTS) is 1. The summed E-state index contributed by atoms with van der Waals surface area (Å²) in [5.74, 6) is -1.81. The Morgan fingerprint density at radius 1 is 1.06 bits per heavy atom. The average molecular weight is 223 g/mol. The number of H-pyrrole nitrogens is 3. The summed E-state index contributed by atoms with van der Waals surface area (Å²) in [5.41, 5.74) is -4.37. The molecule has 0 saturated heterocycles. The number of hydrogen-bond acceptors (Lipinski definition) is 6. The molecule has 0 aliphatic rings. The molecule has 0 radical (unpaired) electrons. The van der Waals surface area contributed by atoms with Crippen LogP contribution in [0.5, 0.6) is 0 Å². The molecule has 3 N–H and O–H groups in total. The molecule has 0 spiro atoms. The van der Waals surface area contributed by atoms with Crippen LogP contribution >= 0.6 is 0 Å². The Kier molecular flexibility index (Phi) is 1.94. The lowest BCUT2D eigenvalue weighted by molar-refractivity contribution is -0.255. The molecule has 2 rings (SSSR count). The molecule has 0 bridgehead atoms. The molecule has 0 aromatic carbocycles. The first-order chi connectivity index (χ1) is 7.49. The predicted molar refractivity (Wildman–Crippen MR) is 47.9 cm³/mol. The first kappa shape index (κ1) is 9.83. The molecule has 16 heavy (non-hydrogen) atoms. The molecule has 82 valence electrons. The van der Waals surface area contributed by atoms with Crippen LogP contribution in [-0.4, -0.2) is 25.9 Å². The highest BCUT2D eigenvalue weighted by atomic mass is 16.4. The van der Waals surface area contributed by atoms with Gasteiger partial charge >= 0.3 is 5.69 Å². The van der Waals surface area contributed by atoms with Gasteiger partial charge < -0.3 is 14.9 Å². The first-order valence-corrected chi connectivity index (χ1v) is 3.97. The third kappa shape index (κ3) is 1.39. The van der Waals surface area contributed by atoms with Crippen LogP contribution in [0.15, 0.2) is 14.4 Å². The van der Waals surface area contributed by atoms with E-state index < -0.39 is 34.0 Å². The van der Waals surface area contributed by atoms with Crippen LogP contribution in [0, 0.1) is 0 Å². The van der Waals surface area contributed by atoms with E-state index in [0.29, 0.717) is 0 Å². The van der Waals surface area contributed by atoms with Gasteiger partial charge in [0.2, 0.25) is 0 Å². The summed E-state index contributed by atoms with van der Waals surface area (Å²) in [6.45, 7) is 0. The average Bonchev–Trinajstić information content (AvgIpc) is 2.15. The van der Waals surface area contributed by atoms with Gasteiger partial charge in [-0.3, -0.25) is 19.6 Å². The molecule has 0 atom stereocenters. The second-order valence-corrected chi connectivity index (χ2v) is 2.83. The molecule has 0 unspecified atom stereocenters. The van der Waals surface area contributed by atoms with Gasteiger partial charge in [0.25, 0.3) is 11.1 Å². The zero-order valence-corrected chi connectivity index (χ0v) is 7.49. The minimum Gasteiger partial charge on any atom is -0.543 e. The lowest BCUT2D eigenvalue weighted by Crippen LogP contribution is -2.34. The molecule has 0 aliphatic carbocycles. The minimum atomic E-state index is -1.81. The number of nitrogens with zero attached hydrogens (tertiary/aromatic N) is 1. The molecular formula is C7H3N4O5-. The fraction of sp³-hybridized carbons (Fsp3) is 0. The Bertz CT molecular complexity index is 752.